The summed E-state index contributed by atoms with van der Waals surface area (Å²) >= 11 is 3.55. The Balaban J connectivity index is 2.54. The third kappa shape index (κ3) is 3.22. The molecule has 1 unspecified atom stereocenters. The van der Waals surface area contributed by atoms with Gasteiger partial charge >= 0.3 is 0 Å². The van der Waals surface area contributed by atoms with Crippen molar-refractivity contribution in [3.63, 3.8) is 0 Å². The van der Waals surface area contributed by atoms with Crippen LogP contribution in [0.15, 0.2) is 46.9 Å². The minimum Gasteiger partial charge on any atom is -0.496 e. The molecule has 0 saturated heterocycles. The zero-order valence-electron chi connectivity index (χ0n) is 12.1. The number of nitrogens with one attached hydrogen (secondary N) is 1. The standard InChI is InChI=1S/C17H20BrNO/c1-4-19-17(14-8-6-5-7-12(14)2)15-11-13(18)9-10-16(15)20-3/h5-11,17,19H,4H2,1-3H3. The zero-order chi connectivity index (χ0) is 14.5. The van der Waals surface area contributed by atoms with Crippen LogP contribution in [0.25, 0.3) is 0 Å². The number of ether oxygens (including phenoxy) is 1. The Morgan fingerprint density at radius 1 is 1.15 bits per heavy atom. The minimum absolute atomic E-state index is 0.133. The monoisotopic (exact) mass is 333 g/mol. The van der Waals surface area contributed by atoms with Crippen molar-refractivity contribution in [2.45, 2.75) is 19.9 Å². The van der Waals surface area contributed by atoms with E-state index in [0.717, 1.165) is 22.3 Å². The molecule has 2 nitrogen and oxygen atoms in total. The lowest BCUT2D eigenvalue weighted by Gasteiger charge is -2.23. The van der Waals surface area contributed by atoms with E-state index in [1.165, 1.54) is 11.1 Å². The second-order valence-corrected chi connectivity index (χ2v) is 5.65. The highest BCUT2D eigenvalue weighted by Crippen LogP contribution is 2.33. The van der Waals surface area contributed by atoms with Crippen LogP contribution in [0.4, 0.5) is 0 Å². The summed E-state index contributed by atoms with van der Waals surface area (Å²) < 4.78 is 6.59. The van der Waals surface area contributed by atoms with Gasteiger partial charge < -0.3 is 10.1 Å². The molecule has 106 valence electrons. The normalized spacial score (nSPS) is 12.2. The van der Waals surface area contributed by atoms with E-state index in [1.54, 1.807) is 7.11 Å². The van der Waals surface area contributed by atoms with E-state index >= 15 is 0 Å². The number of aryl methyl sites for hydroxylation is 1. The van der Waals surface area contributed by atoms with Crippen LogP contribution in [0.1, 0.15) is 29.7 Å². The first-order chi connectivity index (χ1) is 9.67. The number of rotatable bonds is 5. The number of methoxy groups -OCH3 is 1. The molecular weight excluding hydrogens is 314 g/mol. The van der Waals surface area contributed by atoms with Crippen LogP contribution >= 0.6 is 15.9 Å². The summed E-state index contributed by atoms with van der Waals surface area (Å²) in [5, 5.41) is 3.56. The lowest BCUT2D eigenvalue weighted by Crippen LogP contribution is -2.23. The molecule has 0 aromatic heterocycles. The van der Waals surface area contributed by atoms with Gasteiger partial charge in [-0.05, 0) is 42.8 Å². The van der Waals surface area contributed by atoms with Gasteiger partial charge in [-0.15, -0.1) is 0 Å². The second-order valence-electron chi connectivity index (χ2n) is 4.73. The highest BCUT2D eigenvalue weighted by molar-refractivity contribution is 9.10. The summed E-state index contributed by atoms with van der Waals surface area (Å²) in [6.07, 6.45) is 0. The smallest absolute Gasteiger partial charge is 0.124 e. The molecule has 0 aliphatic carbocycles. The maximum atomic E-state index is 5.53. The minimum atomic E-state index is 0.133. The molecule has 2 rings (SSSR count). The van der Waals surface area contributed by atoms with E-state index in [2.05, 4.69) is 65.4 Å². The van der Waals surface area contributed by atoms with Gasteiger partial charge in [-0.3, -0.25) is 0 Å². The van der Waals surface area contributed by atoms with Crippen molar-refractivity contribution >= 4 is 15.9 Å². The Morgan fingerprint density at radius 3 is 2.55 bits per heavy atom. The van der Waals surface area contributed by atoms with E-state index in [0.29, 0.717) is 0 Å². The third-order valence-corrected chi connectivity index (χ3v) is 3.90. The van der Waals surface area contributed by atoms with Crippen LogP contribution in [0, 0.1) is 6.92 Å². The molecule has 0 saturated carbocycles. The summed E-state index contributed by atoms with van der Waals surface area (Å²) in [7, 11) is 1.72. The van der Waals surface area contributed by atoms with Crippen LogP contribution in [-0.2, 0) is 0 Å². The van der Waals surface area contributed by atoms with Crippen molar-refractivity contribution in [2.24, 2.45) is 0 Å². The SMILES string of the molecule is CCNC(c1ccccc1C)c1cc(Br)ccc1OC. The molecule has 0 fully saturated rings. The lowest BCUT2D eigenvalue weighted by molar-refractivity contribution is 0.404. The molecule has 0 heterocycles. The first-order valence-electron chi connectivity index (χ1n) is 6.79. The summed E-state index contributed by atoms with van der Waals surface area (Å²) in [5.41, 5.74) is 3.71. The quantitative estimate of drug-likeness (QED) is 0.871. The predicted molar refractivity (Wildman–Crippen MR) is 87.4 cm³/mol. The van der Waals surface area contributed by atoms with Gasteiger partial charge in [0.25, 0.3) is 0 Å². The molecule has 1 N–H and O–H groups in total. The number of benzene rings is 2. The maximum absolute atomic E-state index is 5.53. The first kappa shape index (κ1) is 15.1. The van der Waals surface area contributed by atoms with E-state index in [4.69, 9.17) is 4.74 Å². The van der Waals surface area contributed by atoms with Crippen LogP contribution < -0.4 is 10.1 Å². The summed E-state index contributed by atoms with van der Waals surface area (Å²) in [6, 6.07) is 14.7. The molecule has 1 atom stereocenters. The van der Waals surface area contributed by atoms with Gasteiger partial charge in [-0.2, -0.15) is 0 Å². The van der Waals surface area contributed by atoms with Crippen molar-refractivity contribution in [3.05, 3.63) is 63.6 Å². The molecule has 2 aromatic carbocycles. The molecular formula is C17H20BrNO. The van der Waals surface area contributed by atoms with Gasteiger partial charge in [0.15, 0.2) is 0 Å². The molecule has 0 bridgehead atoms. The number of hydrogen-bond donors (Lipinski definition) is 1. The fourth-order valence-electron chi connectivity index (χ4n) is 2.43. The number of hydrogen-bond acceptors (Lipinski definition) is 2. The van der Waals surface area contributed by atoms with Gasteiger partial charge in [0, 0.05) is 10.0 Å². The molecule has 0 aliphatic heterocycles. The van der Waals surface area contributed by atoms with Crippen LogP contribution in [0.5, 0.6) is 5.75 Å². The Kier molecular flexibility index (Phi) is 5.21. The Morgan fingerprint density at radius 2 is 1.90 bits per heavy atom. The largest absolute Gasteiger partial charge is 0.496 e. The van der Waals surface area contributed by atoms with Crippen molar-refractivity contribution in [3.8, 4) is 5.75 Å². The third-order valence-electron chi connectivity index (χ3n) is 3.41. The average Bonchev–Trinajstić information content (AvgIpc) is 2.46. The predicted octanol–water partition coefficient (Wildman–Crippen LogP) is 4.47. The lowest BCUT2D eigenvalue weighted by atomic mass is 9.94. The van der Waals surface area contributed by atoms with Crippen molar-refractivity contribution in [2.75, 3.05) is 13.7 Å². The topological polar surface area (TPSA) is 21.3 Å². The van der Waals surface area contributed by atoms with Crippen LogP contribution in [0.3, 0.4) is 0 Å². The van der Waals surface area contributed by atoms with Gasteiger partial charge in [0.1, 0.15) is 5.75 Å². The first-order valence-corrected chi connectivity index (χ1v) is 7.59. The zero-order valence-corrected chi connectivity index (χ0v) is 13.7. The molecule has 0 amide bonds. The number of halogens is 1. The van der Waals surface area contributed by atoms with Crippen molar-refractivity contribution in [1.82, 2.24) is 5.32 Å². The van der Waals surface area contributed by atoms with Crippen LogP contribution in [0.2, 0.25) is 0 Å². The van der Waals surface area contributed by atoms with Crippen molar-refractivity contribution < 1.29 is 4.74 Å². The van der Waals surface area contributed by atoms with Gasteiger partial charge in [0.05, 0.1) is 13.2 Å². The van der Waals surface area contributed by atoms with Crippen LogP contribution in [-0.4, -0.2) is 13.7 Å². The molecule has 3 heteroatoms. The molecule has 2 aromatic rings. The van der Waals surface area contributed by atoms with Gasteiger partial charge in [-0.25, -0.2) is 0 Å². The van der Waals surface area contributed by atoms with E-state index < -0.39 is 0 Å². The average molecular weight is 334 g/mol. The Labute approximate surface area is 129 Å². The Bertz CT molecular complexity index is 583. The molecule has 0 spiro atoms. The summed E-state index contributed by atoms with van der Waals surface area (Å²) in [6.45, 7) is 5.16. The van der Waals surface area contributed by atoms with E-state index in [9.17, 15) is 0 Å². The van der Waals surface area contributed by atoms with Gasteiger partial charge in [-0.1, -0.05) is 47.1 Å². The maximum Gasteiger partial charge on any atom is 0.124 e. The summed E-state index contributed by atoms with van der Waals surface area (Å²) in [4.78, 5) is 0. The fraction of sp³-hybridized carbons (Fsp3) is 0.294. The molecule has 0 aliphatic rings. The summed E-state index contributed by atoms with van der Waals surface area (Å²) in [5.74, 6) is 0.905. The highest BCUT2D eigenvalue weighted by Gasteiger charge is 2.19. The van der Waals surface area contributed by atoms with E-state index in [-0.39, 0.29) is 6.04 Å². The molecule has 20 heavy (non-hydrogen) atoms. The van der Waals surface area contributed by atoms with Crippen molar-refractivity contribution in [1.29, 1.82) is 0 Å². The fourth-order valence-corrected chi connectivity index (χ4v) is 2.81. The van der Waals surface area contributed by atoms with E-state index in [1.807, 2.05) is 12.1 Å². The molecule has 0 radical (unpaired) electrons. The Hall–Kier alpha value is -1.32. The highest BCUT2D eigenvalue weighted by atomic mass is 79.9. The second kappa shape index (κ2) is 6.91. The van der Waals surface area contributed by atoms with Gasteiger partial charge in [0.2, 0.25) is 0 Å².